The molecule has 134 valence electrons. The van der Waals surface area contributed by atoms with Gasteiger partial charge in [0, 0.05) is 0 Å². The minimum absolute atomic E-state index is 0.0608. The molecule has 0 radical (unpaired) electrons. The van der Waals surface area contributed by atoms with Gasteiger partial charge in [0.2, 0.25) is 0 Å². The Morgan fingerprint density at radius 3 is 1.93 bits per heavy atom. The standard InChI is InChI=1S/C24H14O4/c25-23(26)16-8-11-19(24(27)28)20(12-16)17-9-6-15-5-4-13-2-1-3-14-7-10-18(17)22(15)21(13)14/h1-12H,(H,25,26)(H,27,28). The van der Waals surface area contributed by atoms with E-state index in [0.717, 1.165) is 32.3 Å². The highest BCUT2D eigenvalue weighted by Gasteiger charge is 2.18. The zero-order valence-electron chi connectivity index (χ0n) is 14.6. The Kier molecular flexibility index (Phi) is 3.36. The van der Waals surface area contributed by atoms with Gasteiger partial charge in [0.25, 0.3) is 0 Å². The summed E-state index contributed by atoms with van der Waals surface area (Å²) >= 11 is 0. The van der Waals surface area contributed by atoms with Gasteiger partial charge in [-0.25, -0.2) is 9.59 Å². The van der Waals surface area contributed by atoms with Crippen LogP contribution in [0.1, 0.15) is 20.7 Å². The molecule has 0 aliphatic carbocycles. The predicted octanol–water partition coefficient (Wildman–Crippen LogP) is 5.65. The van der Waals surface area contributed by atoms with E-state index in [0.29, 0.717) is 11.1 Å². The summed E-state index contributed by atoms with van der Waals surface area (Å²) in [5.41, 5.74) is 1.27. The van der Waals surface area contributed by atoms with E-state index in [2.05, 4.69) is 24.3 Å². The molecule has 5 rings (SSSR count). The molecule has 0 bridgehead atoms. The lowest BCUT2D eigenvalue weighted by molar-refractivity contribution is 0.0682. The van der Waals surface area contributed by atoms with Gasteiger partial charge >= 0.3 is 11.9 Å². The summed E-state index contributed by atoms with van der Waals surface area (Å²) in [6.07, 6.45) is 0. The molecule has 5 aromatic rings. The van der Waals surface area contributed by atoms with Crippen LogP contribution in [0.3, 0.4) is 0 Å². The SMILES string of the molecule is O=C(O)c1ccc(C(=O)O)c(-c2ccc3ccc4cccc5ccc2c3c45)c1. The minimum atomic E-state index is -1.09. The van der Waals surface area contributed by atoms with E-state index in [1.165, 1.54) is 18.2 Å². The van der Waals surface area contributed by atoms with Gasteiger partial charge in [-0.1, -0.05) is 54.6 Å². The Morgan fingerprint density at radius 1 is 0.607 bits per heavy atom. The van der Waals surface area contributed by atoms with Crippen molar-refractivity contribution in [1.29, 1.82) is 0 Å². The Bertz CT molecular complexity index is 1400. The number of hydrogen-bond donors (Lipinski definition) is 2. The second kappa shape index (κ2) is 5.79. The van der Waals surface area contributed by atoms with Gasteiger partial charge in [-0.3, -0.25) is 0 Å². The molecular formula is C24H14O4. The number of carbonyl (C=O) groups is 2. The van der Waals surface area contributed by atoms with Crippen molar-refractivity contribution in [3.63, 3.8) is 0 Å². The summed E-state index contributed by atoms with van der Waals surface area (Å²) in [5.74, 6) is -2.17. The fourth-order valence-corrected chi connectivity index (χ4v) is 4.06. The molecular weight excluding hydrogens is 352 g/mol. The first-order chi connectivity index (χ1) is 13.5. The van der Waals surface area contributed by atoms with Crippen molar-refractivity contribution >= 4 is 44.3 Å². The van der Waals surface area contributed by atoms with Gasteiger partial charge in [-0.05, 0) is 61.6 Å². The highest BCUT2D eigenvalue weighted by molar-refractivity contribution is 6.25. The van der Waals surface area contributed by atoms with Crippen molar-refractivity contribution in [3.05, 3.63) is 83.9 Å². The second-order valence-corrected chi connectivity index (χ2v) is 6.84. The van der Waals surface area contributed by atoms with Crippen LogP contribution in [0.2, 0.25) is 0 Å². The molecule has 2 N–H and O–H groups in total. The molecule has 0 atom stereocenters. The van der Waals surface area contributed by atoms with Crippen LogP contribution in [0.4, 0.5) is 0 Å². The first kappa shape index (κ1) is 16.3. The van der Waals surface area contributed by atoms with Crippen LogP contribution in [0.25, 0.3) is 43.4 Å². The first-order valence-electron chi connectivity index (χ1n) is 8.82. The molecule has 0 heterocycles. The van der Waals surface area contributed by atoms with Crippen LogP contribution in [0.15, 0.2) is 72.8 Å². The monoisotopic (exact) mass is 366 g/mol. The van der Waals surface area contributed by atoms with Gasteiger partial charge in [-0.2, -0.15) is 0 Å². The number of benzene rings is 5. The molecule has 0 aliphatic heterocycles. The molecule has 4 heteroatoms. The lowest BCUT2D eigenvalue weighted by Gasteiger charge is -2.15. The number of hydrogen-bond acceptors (Lipinski definition) is 2. The quantitative estimate of drug-likeness (QED) is 0.405. The van der Waals surface area contributed by atoms with E-state index in [9.17, 15) is 19.8 Å². The van der Waals surface area contributed by atoms with Crippen LogP contribution < -0.4 is 0 Å². The molecule has 5 aromatic carbocycles. The van der Waals surface area contributed by atoms with Gasteiger partial charge in [0.1, 0.15) is 0 Å². The molecule has 0 saturated carbocycles. The van der Waals surface area contributed by atoms with Crippen molar-refractivity contribution < 1.29 is 19.8 Å². The Labute approximate surface area is 159 Å². The summed E-state index contributed by atoms with van der Waals surface area (Å²) in [5, 5.41) is 25.4. The molecule has 0 amide bonds. The van der Waals surface area contributed by atoms with E-state index in [1.54, 1.807) is 0 Å². The average Bonchev–Trinajstić information content (AvgIpc) is 2.71. The molecule has 0 unspecified atom stereocenters. The molecule has 0 spiro atoms. The molecule has 0 aliphatic rings. The molecule has 0 fully saturated rings. The van der Waals surface area contributed by atoms with Crippen LogP contribution in [0.5, 0.6) is 0 Å². The van der Waals surface area contributed by atoms with E-state index in [1.807, 2.05) is 30.3 Å². The maximum atomic E-state index is 11.8. The predicted molar refractivity (Wildman–Crippen MR) is 110 cm³/mol. The molecule has 0 saturated heterocycles. The summed E-state index contributed by atoms with van der Waals surface area (Å²) in [7, 11) is 0. The Morgan fingerprint density at radius 2 is 1.25 bits per heavy atom. The van der Waals surface area contributed by atoms with Crippen molar-refractivity contribution in [2.45, 2.75) is 0 Å². The first-order valence-corrected chi connectivity index (χ1v) is 8.82. The van der Waals surface area contributed by atoms with Crippen molar-refractivity contribution in [3.8, 4) is 11.1 Å². The highest BCUT2D eigenvalue weighted by atomic mass is 16.4. The lowest BCUT2D eigenvalue weighted by Crippen LogP contribution is -2.04. The number of aromatic carboxylic acids is 2. The van der Waals surface area contributed by atoms with Crippen molar-refractivity contribution in [2.24, 2.45) is 0 Å². The second-order valence-electron chi connectivity index (χ2n) is 6.84. The van der Waals surface area contributed by atoms with E-state index >= 15 is 0 Å². The van der Waals surface area contributed by atoms with E-state index in [4.69, 9.17) is 0 Å². The van der Waals surface area contributed by atoms with Crippen LogP contribution in [-0.4, -0.2) is 22.2 Å². The lowest BCUT2D eigenvalue weighted by atomic mass is 9.88. The van der Waals surface area contributed by atoms with Crippen LogP contribution in [-0.2, 0) is 0 Å². The number of rotatable bonds is 3. The number of carboxylic acids is 2. The van der Waals surface area contributed by atoms with Crippen LogP contribution in [0, 0.1) is 0 Å². The third-order valence-corrected chi connectivity index (χ3v) is 5.32. The minimum Gasteiger partial charge on any atom is -0.478 e. The fourth-order valence-electron chi connectivity index (χ4n) is 4.06. The topological polar surface area (TPSA) is 74.6 Å². The summed E-state index contributed by atoms with van der Waals surface area (Å²) in [4.78, 5) is 23.3. The van der Waals surface area contributed by atoms with Crippen molar-refractivity contribution in [1.82, 2.24) is 0 Å². The van der Waals surface area contributed by atoms with E-state index in [-0.39, 0.29) is 11.1 Å². The summed E-state index contributed by atoms with van der Waals surface area (Å²) in [6, 6.07) is 22.2. The van der Waals surface area contributed by atoms with Crippen LogP contribution >= 0.6 is 0 Å². The maximum Gasteiger partial charge on any atom is 0.336 e. The van der Waals surface area contributed by atoms with E-state index < -0.39 is 11.9 Å². The molecule has 4 nitrogen and oxygen atoms in total. The molecule has 0 aromatic heterocycles. The third-order valence-electron chi connectivity index (χ3n) is 5.32. The normalized spacial score (nSPS) is 11.4. The zero-order chi connectivity index (χ0) is 19.4. The van der Waals surface area contributed by atoms with Gasteiger partial charge in [0.15, 0.2) is 0 Å². The average molecular weight is 366 g/mol. The largest absolute Gasteiger partial charge is 0.478 e. The van der Waals surface area contributed by atoms with Crippen molar-refractivity contribution in [2.75, 3.05) is 0 Å². The smallest absolute Gasteiger partial charge is 0.336 e. The van der Waals surface area contributed by atoms with Gasteiger partial charge < -0.3 is 10.2 Å². The summed E-state index contributed by atoms with van der Waals surface area (Å²) < 4.78 is 0. The fraction of sp³-hybridized carbons (Fsp3) is 0. The number of carboxylic acid groups (broad SMARTS) is 2. The zero-order valence-corrected chi connectivity index (χ0v) is 14.6. The Balaban J connectivity index is 1.94. The Hall–Kier alpha value is -3.92. The van der Waals surface area contributed by atoms with Gasteiger partial charge in [0.05, 0.1) is 11.1 Å². The highest BCUT2D eigenvalue weighted by Crippen LogP contribution is 2.40. The third kappa shape index (κ3) is 2.25. The molecule has 28 heavy (non-hydrogen) atoms. The van der Waals surface area contributed by atoms with Gasteiger partial charge in [-0.15, -0.1) is 0 Å². The summed E-state index contributed by atoms with van der Waals surface area (Å²) in [6.45, 7) is 0. The maximum absolute atomic E-state index is 11.8.